The minimum atomic E-state index is -0.199. The molecule has 4 N–H and O–H groups in total. The Morgan fingerprint density at radius 1 is 1.11 bits per heavy atom. The van der Waals surface area contributed by atoms with Crippen molar-refractivity contribution >= 4 is 55.8 Å². The summed E-state index contributed by atoms with van der Waals surface area (Å²) < 4.78 is 8.71. The molecule has 0 spiro atoms. The molecule has 1 fully saturated rings. The van der Waals surface area contributed by atoms with Crippen LogP contribution in [0.25, 0.3) is 38.2 Å². The largest absolute Gasteiger partial charge is 0.495 e. The molecule has 0 saturated carbocycles. The van der Waals surface area contributed by atoms with Crippen LogP contribution in [-0.2, 0) is 7.05 Å². The highest BCUT2D eigenvalue weighted by Gasteiger charge is 2.18. The molecule has 10 heteroatoms. The number of nitrogens with two attached hydrogens (primary N) is 1. The summed E-state index contributed by atoms with van der Waals surface area (Å²) in [4.78, 5) is 22.7. The number of aryl methyl sites for hydroxylation is 1. The third kappa shape index (κ3) is 6.74. The average Bonchev–Trinajstić information content (AvgIpc) is 3.65. The number of piperazine rings is 1. The van der Waals surface area contributed by atoms with Gasteiger partial charge in [0.15, 0.2) is 0 Å². The van der Waals surface area contributed by atoms with Crippen LogP contribution >= 0.6 is 11.3 Å². The summed E-state index contributed by atoms with van der Waals surface area (Å²) in [5, 5.41) is 10.6. The summed E-state index contributed by atoms with van der Waals surface area (Å²) in [5.74, 6) is 0.864. The second kappa shape index (κ2) is 13.8. The van der Waals surface area contributed by atoms with Gasteiger partial charge in [-0.15, -0.1) is 11.3 Å². The minimum Gasteiger partial charge on any atom is -0.495 e. The molecular weight excluding hydrogens is 582 g/mol. The Hall–Kier alpha value is -4.22. The van der Waals surface area contributed by atoms with Crippen LogP contribution < -0.4 is 21.1 Å². The number of thiophene rings is 1. The Kier molecular flexibility index (Phi) is 9.46. The second-order valence-corrected chi connectivity index (χ2v) is 12.5. The SMILES string of the molecule is COc1cc(-c2csc3c(C=CCNCCCN4CCN(C)CC4)cnc(N)c23)ccc1NC(=O)c1cc2ccccc2n1C. The lowest BCUT2D eigenvalue weighted by Crippen LogP contribution is -2.45. The molecule has 2 aromatic carbocycles. The van der Waals surface area contributed by atoms with Crippen LogP contribution in [0.3, 0.4) is 0 Å². The van der Waals surface area contributed by atoms with E-state index in [1.807, 2.05) is 66.3 Å². The molecule has 0 radical (unpaired) electrons. The van der Waals surface area contributed by atoms with E-state index in [-0.39, 0.29) is 5.91 Å². The standard InChI is InChI=1S/C35H41N7O2S/c1-40-16-18-42(19-17-40)15-7-14-37-13-6-9-26-22-38-34(36)32-27(23-45-33(26)32)24-11-12-28(31(21-24)44-3)39-35(43)30-20-25-8-4-5-10-29(25)41(30)2/h4-6,8-12,20-23,37H,7,13-19H2,1-3H3,(H2,36,38)(H,39,43). The first-order chi connectivity index (χ1) is 21.9. The van der Waals surface area contributed by atoms with Crippen molar-refractivity contribution in [3.63, 3.8) is 0 Å². The molecule has 3 aromatic heterocycles. The number of anilines is 2. The van der Waals surface area contributed by atoms with Crippen molar-refractivity contribution in [2.45, 2.75) is 6.42 Å². The Morgan fingerprint density at radius 2 is 1.93 bits per heavy atom. The highest BCUT2D eigenvalue weighted by molar-refractivity contribution is 7.18. The number of pyridine rings is 1. The van der Waals surface area contributed by atoms with E-state index in [1.54, 1.807) is 18.4 Å². The van der Waals surface area contributed by atoms with Gasteiger partial charge in [-0.25, -0.2) is 4.98 Å². The molecule has 1 aliphatic rings. The van der Waals surface area contributed by atoms with Gasteiger partial charge in [0.05, 0.1) is 12.8 Å². The van der Waals surface area contributed by atoms with Crippen LogP contribution in [0.2, 0.25) is 0 Å². The van der Waals surface area contributed by atoms with Crippen molar-refractivity contribution in [3.05, 3.63) is 77.4 Å². The van der Waals surface area contributed by atoms with Gasteiger partial charge in [-0.2, -0.15) is 0 Å². The van der Waals surface area contributed by atoms with Crippen LogP contribution in [0, 0.1) is 0 Å². The lowest BCUT2D eigenvalue weighted by molar-refractivity contribution is 0.101. The third-order valence-electron chi connectivity index (χ3n) is 8.58. The van der Waals surface area contributed by atoms with Gasteiger partial charge in [-0.3, -0.25) is 4.79 Å². The van der Waals surface area contributed by atoms with Crippen molar-refractivity contribution in [2.24, 2.45) is 7.05 Å². The zero-order valence-corrected chi connectivity index (χ0v) is 27.0. The van der Waals surface area contributed by atoms with Crippen LogP contribution in [0.15, 0.2) is 66.2 Å². The number of methoxy groups -OCH3 is 1. The van der Waals surface area contributed by atoms with E-state index in [2.05, 4.69) is 50.0 Å². The summed E-state index contributed by atoms with van der Waals surface area (Å²) in [6.07, 6.45) is 7.26. The third-order valence-corrected chi connectivity index (χ3v) is 9.61. The number of ether oxygens (including phenoxy) is 1. The number of hydrogen-bond donors (Lipinski definition) is 3. The molecule has 234 valence electrons. The summed E-state index contributed by atoms with van der Waals surface area (Å²) in [6.45, 7) is 7.60. The van der Waals surface area contributed by atoms with E-state index >= 15 is 0 Å². The number of likely N-dealkylation sites (N-methyl/N-ethyl adjacent to an activating group) is 1. The summed E-state index contributed by atoms with van der Waals surface area (Å²) >= 11 is 1.65. The first-order valence-electron chi connectivity index (χ1n) is 15.4. The van der Waals surface area contributed by atoms with E-state index in [0.29, 0.717) is 22.9 Å². The maximum absolute atomic E-state index is 13.3. The van der Waals surface area contributed by atoms with Gasteiger partial charge in [-0.1, -0.05) is 36.4 Å². The first kappa shape index (κ1) is 30.8. The lowest BCUT2D eigenvalue weighted by Gasteiger charge is -2.32. The molecule has 1 aliphatic heterocycles. The van der Waals surface area contributed by atoms with Gasteiger partial charge in [-0.05, 0) is 61.8 Å². The van der Waals surface area contributed by atoms with Crippen LogP contribution in [0.1, 0.15) is 22.5 Å². The molecule has 0 atom stereocenters. The number of amides is 1. The fourth-order valence-electron chi connectivity index (χ4n) is 5.94. The molecule has 4 heterocycles. The number of nitrogens with zero attached hydrogens (tertiary/aromatic N) is 4. The Bertz CT molecular complexity index is 1830. The van der Waals surface area contributed by atoms with Crippen LogP contribution in [0.5, 0.6) is 5.75 Å². The van der Waals surface area contributed by atoms with E-state index in [1.165, 1.54) is 13.1 Å². The smallest absolute Gasteiger partial charge is 0.272 e. The topological polar surface area (TPSA) is 101 Å². The molecule has 0 bridgehead atoms. The van der Waals surface area contributed by atoms with Crippen LogP contribution in [-0.4, -0.2) is 85.2 Å². The number of carbonyl (C=O) groups excluding carboxylic acids is 1. The zero-order valence-electron chi connectivity index (χ0n) is 26.2. The highest BCUT2D eigenvalue weighted by atomic mass is 32.1. The van der Waals surface area contributed by atoms with Crippen LogP contribution in [0.4, 0.5) is 11.5 Å². The maximum Gasteiger partial charge on any atom is 0.272 e. The zero-order chi connectivity index (χ0) is 31.3. The number of para-hydroxylation sites is 1. The molecule has 1 saturated heterocycles. The van der Waals surface area contributed by atoms with Crippen molar-refractivity contribution in [3.8, 4) is 16.9 Å². The van der Waals surface area contributed by atoms with Crippen molar-refractivity contribution in [1.29, 1.82) is 0 Å². The van der Waals surface area contributed by atoms with Gasteiger partial charge in [0.25, 0.3) is 5.91 Å². The molecule has 1 amide bonds. The lowest BCUT2D eigenvalue weighted by atomic mass is 10.0. The molecule has 6 rings (SSSR count). The van der Waals surface area contributed by atoms with E-state index in [0.717, 1.165) is 76.8 Å². The predicted octanol–water partition coefficient (Wildman–Crippen LogP) is 5.54. The molecule has 9 nitrogen and oxygen atoms in total. The number of hydrogen-bond acceptors (Lipinski definition) is 8. The summed E-state index contributed by atoms with van der Waals surface area (Å²) in [7, 11) is 5.70. The Morgan fingerprint density at radius 3 is 2.73 bits per heavy atom. The van der Waals surface area contributed by atoms with Gasteiger partial charge >= 0.3 is 0 Å². The number of fused-ring (bicyclic) bond motifs is 2. The van der Waals surface area contributed by atoms with E-state index in [4.69, 9.17) is 10.5 Å². The van der Waals surface area contributed by atoms with Gasteiger partial charge in [0.2, 0.25) is 0 Å². The second-order valence-electron chi connectivity index (χ2n) is 11.6. The molecule has 45 heavy (non-hydrogen) atoms. The van der Waals surface area contributed by atoms with E-state index < -0.39 is 0 Å². The van der Waals surface area contributed by atoms with Gasteiger partial charge < -0.3 is 35.5 Å². The van der Waals surface area contributed by atoms with Crippen molar-refractivity contribution in [1.82, 2.24) is 24.7 Å². The number of nitrogens with one attached hydrogen (secondary N) is 2. The monoisotopic (exact) mass is 623 g/mol. The van der Waals surface area contributed by atoms with Gasteiger partial charge in [0.1, 0.15) is 17.3 Å². The highest BCUT2D eigenvalue weighted by Crippen LogP contribution is 2.41. The van der Waals surface area contributed by atoms with Gasteiger partial charge in [0, 0.05) is 78.1 Å². The summed E-state index contributed by atoms with van der Waals surface area (Å²) in [5.41, 5.74) is 11.6. The average molecular weight is 624 g/mol. The number of carbonyl (C=O) groups is 1. The van der Waals surface area contributed by atoms with E-state index in [9.17, 15) is 4.79 Å². The normalized spacial score (nSPS) is 14.6. The number of aromatic nitrogens is 2. The maximum atomic E-state index is 13.3. The fourth-order valence-corrected chi connectivity index (χ4v) is 7.02. The molecule has 5 aromatic rings. The first-order valence-corrected chi connectivity index (χ1v) is 16.3. The Labute approximate surface area is 268 Å². The fraction of sp³-hybridized carbons (Fsp3) is 0.314. The number of benzene rings is 2. The van der Waals surface area contributed by atoms with Crippen molar-refractivity contribution in [2.75, 3.05) is 71.0 Å². The minimum absolute atomic E-state index is 0.199. The predicted molar refractivity (Wildman–Crippen MR) is 187 cm³/mol. The molecule has 0 unspecified atom stereocenters. The van der Waals surface area contributed by atoms with Crippen molar-refractivity contribution < 1.29 is 9.53 Å². The molecular formula is C35H41N7O2S. The summed E-state index contributed by atoms with van der Waals surface area (Å²) in [6, 6.07) is 15.6. The number of nitrogen functional groups attached to an aromatic ring is 1. The Balaban J connectivity index is 1.13. The number of rotatable bonds is 11. The quantitative estimate of drug-likeness (QED) is 0.166. The molecule has 0 aliphatic carbocycles.